The number of aliphatic hydroxyl groups excluding tert-OH is 1. The first kappa shape index (κ1) is 21.9. The molecule has 0 aromatic carbocycles. The summed E-state index contributed by atoms with van der Waals surface area (Å²) in [5, 5.41) is 10.3. The van der Waals surface area contributed by atoms with Crippen LogP contribution in [0.4, 0.5) is 0 Å². The zero-order valence-corrected chi connectivity index (χ0v) is 20.3. The zero-order valence-electron chi connectivity index (χ0n) is 20.3. The Morgan fingerprint density at radius 3 is 2.41 bits per heavy atom. The fourth-order valence-electron chi connectivity index (χ4n) is 9.32. The van der Waals surface area contributed by atoms with Crippen molar-refractivity contribution in [1.82, 2.24) is 0 Å². The van der Waals surface area contributed by atoms with Crippen molar-refractivity contribution in [3.63, 3.8) is 0 Å². The van der Waals surface area contributed by atoms with E-state index in [9.17, 15) is 5.11 Å². The first-order chi connectivity index (χ1) is 13.6. The minimum atomic E-state index is -0.0879. The van der Waals surface area contributed by atoms with Crippen molar-refractivity contribution in [3.05, 3.63) is 11.6 Å². The molecule has 0 heterocycles. The molecule has 8 unspecified atom stereocenters. The molecule has 3 saturated carbocycles. The highest BCUT2D eigenvalue weighted by Gasteiger charge is 2.63. The summed E-state index contributed by atoms with van der Waals surface area (Å²) >= 11 is 0. The van der Waals surface area contributed by atoms with Crippen molar-refractivity contribution in [3.8, 4) is 0 Å². The molecule has 0 bridgehead atoms. The van der Waals surface area contributed by atoms with Crippen molar-refractivity contribution in [2.45, 2.75) is 118 Å². The van der Waals surface area contributed by atoms with Gasteiger partial charge in [0.15, 0.2) is 0 Å². The number of fused-ring (bicyclic) bond motifs is 5. The molecule has 3 fully saturated rings. The van der Waals surface area contributed by atoms with Crippen molar-refractivity contribution in [2.75, 3.05) is 0 Å². The normalized spacial score (nSPS) is 47.9. The van der Waals surface area contributed by atoms with Gasteiger partial charge in [0.05, 0.1) is 6.10 Å². The molecule has 8 atom stereocenters. The fraction of sp³-hybridized carbons (Fsp3) is 0.929. The molecule has 0 spiro atoms. The third-order valence-electron chi connectivity index (χ3n) is 10.8. The quantitative estimate of drug-likeness (QED) is 0.467. The van der Waals surface area contributed by atoms with Gasteiger partial charge in [0, 0.05) is 0 Å². The van der Waals surface area contributed by atoms with Crippen molar-refractivity contribution >= 4 is 0 Å². The van der Waals surface area contributed by atoms with E-state index in [1.165, 1.54) is 57.8 Å². The highest BCUT2D eigenvalue weighted by molar-refractivity contribution is 5.28. The summed E-state index contributed by atoms with van der Waals surface area (Å²) in [5.41, 5.74) is 2.99. The molecule has 0 aromatic heterocycles. The van der Waals surface area contributed by atoms with Crippen LogP contribution in [0.5, 0.6) is 0 Å². The van der Waals surface area contributed by atoms with Crippen LogP contribution < -0.4 is 0 Å². The van der Waals surface area contributed by atoms with Crippen LogP contribution in [0.1, 0.15) is 112 Å². The maximum Gasteiger partial charge on any atom is 0.0577 e. The maximum absolute atomic E-state index is 10.3. The largest absolute Gasteiger partial charge is 0.393 e. The monoisotopic (exact) mass is 400 g/mol. The van der Waals surface area contributed by atoms with Crippen LogP contribution in [-0.4, -0.2) is 11.2 Å². The molecule has 166 valence electrons. The van der Waals surface area contributed by atoms with Gasteiger partial charge in [-0.1, -0.05) is 72.5 Å². The Balaban J connectivity index is 1.55. The number of allylic oxidation sites excluding steroid dienone is 1. The maximum atomic E-state index is 10.3. The molecule has 1 nitrogen and oxygen atoms in total. The lowest BCUT2D eigenvalue weighted by Crippen LogP contribution is -2.56. The third kappa shape index (κ3) is 3.46. The van der Waals surface area contributed by atoms with Gasteiger partial charge in [-0.25, -0.2) is 0 Å². The van der Waals surface area contributed by atoms with Crippen molar-refractivity contribution in [2.24, 2.45) is 45.8 Å². The van der Waals surface area contributed by atoms with Gasteiger partial charge in [-0.15, -0.1) is 0 Å². The first-order valence-electron chi connectivity index (χ1n) is 13.0. The molecule has 0 amide bonds. The van der Waals surface area contributed by atoms with Gasteiger partial charge in [-0.2, -0.15) is 0 Å². The Bertz CT molecular complexity index is 634. The second-order valence-electron chi connectivity index (χ2n) is 12.9. The van der Waals surface area contributed by atoms with E-state index in [-0.39, 0.29) is 6.10 Å². The molecule has 1 heteroatoms. The van der Waals surface area contributed by atoms with E-state index < -0.39 is 0 Å². The standard InChI is InChI=1S/C28H48O/c1-19(2)8-7-9-20(3)23-10-11-24-27(23,5)17-14-25-26(4)16-13-22(29)18-21(26)12-15-28(24,25)6/h12,19-20,22-25,29H,7-11,13-18H2,1-6H3. The number of hydrogen-bond donors (Lipinski definition) is 1. The fourth-order valence-corrected chi connectivity index (χ4v) is 9.32. The number of hydrogen-bond acceptors (Lipinski definition) is 1. The lowest BCUT2D eigenvalue weighted by Gasteiger charge is -2.63. The Kier molecular flexibility index (Phi) is 5.81. The smallest absolute Gasteiger partial charge is 0.0577 e. The zero-order chi connectivity index (χ0) is 21.0. The summed E-state index contributed by atoms with van der Waals surface area (Å²) < 4.78 is 0. The minimum Gasteiger partial charge on any atom is -0.393 e. The van der Waals surface area contributed by atoms with Gasteiger partial charge in [0.25, 0.3) is 0 Å². The Hall–Kier alpha value is -0.300. The van der Waals surface area contributed by atoms with E-state index in [1.807, 2.05) is 0 Å². The van der Waals surface area contributed by atoms with Gasteiger partial charge < -0.3 is 5.11 Å². The van der Waals surface area contributed by atoms with Crippen LogP contribution in [0, 0.1) is 45.8 Å². The van der Waals surface area contributed by atoms with Gasteiger partial charge in [-0.05, 0) is 97.2 Å². The molecule has 0 saturated heterocycles. The molecule has 0 aromatic rings. The van der Waals surface area contributed by atoms with Gasteiger partial charge in [0.1, 0.15) is 0 Å². The van der Waals surface area contributed by atoms with E-state index in [0.29, 0.717) is 16.2 Å². The Labute approximate surface area is 181 Å². The van der Waals surface area contributed by atoms with Crippen LogP contribution in [0.3, 0.4) is 0 Å². The van der Waals surface area contributed by atoms with Crippen LogP contribution in [0.25, 0.3) is 0 Å². The number of aliphatic hydroxyl groups is 1. The van der Waals surface area contributed by atoms with Crippen LogP contribution in [0.2, 0.25) is 0 Å². The molecule has 1 N–H and O–H groups in total. The van der Waals surface area contributed by atoms with Crippen LogP contribution >= 0.6 is 0 Å². The molecule has 29 heavy (non-hydrogen) atoms. The summed E-state index contributed by atoms with van der Waals surface area (Å²) in [7, 11) is 0. The summed E-state index contributed by atoms with van der Waals surface area (Å²) in [6, 6.07) is 0. The van der Waals surface area contributed by atoms with E-state index in [2.05, 4.69) is 47.6 Å². The molecule has 4 aliphatic rings. The summed E-state index contributed by atoms with van der Waals surface area (Å²) in [5.74, 6) is 4.40. The molecule has 4 rings (SSSR count). The summed E-state index contributed by atoms with van der Waals surface area (Å²) in [6.45, 7) is 15.3. The van der Waals surface area contributed by atoms with E-state index in [1.54, 1.807) is 5.57 Å². The SMILES string of the molecule is CC(C)CCCC(C)C1CCC2C1(C)CCC1C3(C)CCC(O)CC3=CCC12C. The van der Waals surface area contributed by atoms with E-state index >= 15 is 0 Å². The predicted molar refractivity (Wildman–Crippen MR) is 124 cm³/mol. The number of rotatable bonds is 5. The molecule has 4 aliphatic carbocycles. The second kappa shape index (κ2) is 7.68. The average Bonchev–Trinajstić information content (AvgIpc) is 3.00. The molecular formula is C28H48O. The minimum absolute atomic E-state index is 0.0879. The van der Waals surface area contributed by atoms with E-state index in [0.717, 1.165) is 42.4 Å². The summed E-state index contributed by atoms with van der Waals surface area (Å²) in [6.07, 6.45) is 17.0. The molecule has 0 aliphatic heterocycles. The van der Waals surface area contributed by atoms with Crippen LogP contribution in [0.15, 0.2) is 11.6 Å². The Morgan fingerprint density at radius 1 is 0.931 bits per heavy atom. The summed E-state index contributed by atoms with van der Waals surface area (Å²) in [4.78, 5) is 0. The first-order valence-corrected chi connectivity index (χ1v) is 13.0. The third-order valence-corrected chi connectivity index (χ3v) is 10.8. The van der Waals surface area contributed by atoms with Gasteiger partial charge in [0.2, 0.25) is 0 Å². The highest BCUT2D eigenvalue weighted by Crippen LogP contribution is 2.71. The average molecular weight is 401 g/mol. The van der Waals surface area contributed by atoms with Crippen molar-refractivity contribution < 1.29 is 5.11 Å². The van der Waals surface area contributed by atoms with Gasteiger partial charge in [-0.3, -0.25) is 0 Å². The Morgan fingerprint density at radius 2 is 1.69 bits per heavy atom. The van der Waals surface area contributed by atoms with Crippen molar-refractivity contribution in [1.29, 1.82) is 0 Å². The topological polar surface area (TPSA) is 20.2 Å². The van der Waals surface area contributed by atoms with Gasteiger partial charge >= 0.3 is 0 Å². The molecule has 0 radical (unpaired) electrons. The lowest BCUT2D eigenvalue weighted by molar-refractivity contribution is -0.114. The van der Waals surface area contributed by atoms with Crippen LogP contribution in [-0.2, 0) is 0 Å². The molecular weight excluding hydrogens is 352 g/mol. The highest BCUT2D eigenvalue weighted by atomic mass is 16.3. The second-order valence-corrected chi connectivity index (χ2v) is 12.9. The lowest BCUT2D eigenvalue weighted by atomic mass is 9.41. The van der Waals surface area contributed by atoms with E-state index in [4.69, 9.17) is 0 Å². The predicted octanol–water partition coefficient (Wildman–Crippen LogP) is 7.78.